The fourth-order valence-corrected chi connectivity index (χ4v) is 3.08. The van der Waals surface area contributed by atoms with Gasteiger partial charge in [-0.15, -0.1) is 10.2 Å². The fraction of sp³-hybridized carbons (Fsp3) is 0.333. The molecule has 0 amide bonds. The van der Waals surface area contributed by atoms with Crippen LogP contribution < -0.4 is 10.2 Å². The third-order valence-corrected chi connectivity index (χ3v) is 4.07. The lowest BCUT2D eigenvalue weighted by molar-refractivity contribution is 0.574. The lowest BCUT2D eigenvalue weighted by atomic mass is 10.1. The third-order valence-electron chi connectivity index (χ3n) is 4.07. The first-order valence-corrected chi connectivity index (χ1v) is 6.79. The Kier molecular flexibility index (Phi) is 2.48. The minimum atomic E-state index is 0.599. The van der Waals surface area contributed by atoms with Gasteiger partial charge in [-0.2, -0.15) is 0 Å². The van der Waals surface area contributed by atoms with Gasteiger partial charge in [0.15, 0.2) is 5.82 Å². The van der Waals surface area contributed by atoms with Crippen molar-refractivity contribution in [1.82, 2.24) is 15.5 Å². The van der Waals surface area contributed by atoms with Crippen LogP contribution in [-0.4, -0.2) is 35.4 Å². The Balaban J connectivity index is 1.60. The summed E-state index contributed by atoms with van der Waals surface area (Å²) in [6.45, 7) is 2.14. The molecule has 2 aliphatic heterocycles. The van der Waals surface area contributed by atoms with Gasteiger partial charge in [-0.1, -0.05) is 30.3 Å². The van der Waals surface area contributed by atoms with E-state index in [0.29, 0.717) is 12.1 Å². The topological polar surface area (TPSA) is 41.0 Å². The SMILES string of the molecule is c1ccc(-c2ccc(N3CC4C[C@H]3CN4)nn2)cc1. The molecule has 0 aliphatic carbocycles. The standard InChI is InChI=1S/C15H16N4/c1-2-4-11(5-3-1)14-6-7-15(18-17-14)19-10-12-8-13(19)9-16-12/h1-7,12-13,16H,8-10H2/t12?,13-/m0/s1. The molecule has 0 saturated carbocycles. The summed E-state index contributed by atoms with van der Waals surface area (Å²) in [5.74, 6) is 1.01. The molecule has 2 fully saturated rings. The Morgan fingerprint density at radius 2 is 1.95 bits per heavy atom. The fourth-order valence-electron chi connectivity index (χ4n) is 3.08. The molecule has 1 aromatic carbocycles. The van der Waals surface area contributed by atoms with Crippen molar-refractivity contribution in [2.75, 3.05) is 18.0 Å². The van der Waals surface area contributed by atoms with E-state index in [-0.39, 0.29) is 0 Å². The van der Waals surface area contributed by atoms with Crippen molar-refractivity contribution in [2.45, 2.75) is 18.5 Å². The largest absolute Gasteiger partial charge is 0.349 e. The van der Waals surface area contributed by atoms with Crippen LogP contribution in [0.4, 0.5) is 5.82 Å². The van der Waals surface area contributed by atoms with Gasteiger partial charge in [0.25, 0.3) is 0 Å². The molecule has 2 atom stereocenters. The number of rotatable bonds is 2. The third kappa shape index (κ3) is 1.88. The molecular formula is C15H16N4. The summed E-state index contributed by atoms with van der Waals surface area (Å²) < 4.78 is 0. The Hall–Kier alpha value is -1.94. The molecule has 3 heterocycles. The zero-order chi connectivity index (χ0) is 12.7. The smallest absolute Gasteiger partial charge is 0.151 e. The summed E-state index contributed by atoms with van der Waals surface area (Å²) in [6, 6.07) is 15.6. The highest BCUT2D eigenvalue weighted by molar-refractivity contribution is 5.59. The molecule has 19 heavy (non-hydrogen) atoms. The number of hydrogen-bond donors (Lipinski definition) is 1. The van der Waals surface area contributed by atoms with E-state index in [0.717, 1.165) is 30.2 Å². The highest BCUT2D eigenvalue weighted by atomic mass is 15.3. The Morgan fingerprint density at radius 3 is 2.58 bits per heavy atom. The van der Waals surface area contributed by atoms with Gasteiger partial charge in [0, 0.05) is 30.7 Å². The molecule has 2 aliphatic rings. The van der Waals surface area contributed by atoms with Crippen LogP contribution in [0.3, 0.4) is 0 Å². The van der Waals surface area contributed by atoms with Gasteiger partial charge in [-0.25, -0.2) is 0 Å². The second-order valence-corrected chi connectivity index (χ2v) is 5.29. The van der Waals surface area contributed by atoms with E-state index in [9.17, 15) is 0 Å². The van der Waals surface area contributed by atoms with Gasteiger partial charge in [-0.3, -0.25) is 0 Å². The van der Waals surface area contributed by atoms with Crippen molar-refractivity contribution in [3.05, 3.63) is 42.5 Å². The average molecular weight is 252 g/mol. The lowest BCUT2D eigenvalue weighted by Crippen LogP contribution is -2.44. The zero-order valence-corrected chi connectivity index (χ0v) is 10.7. The second-order valence-electron chi connectivity index (χ2n) is 5.29. The molecule has 1 aromatic heterocycles. The van der Waals surface area contributed by atoms with Gasteiger partial charge in [0.05, 0.1) is 5.69 Å². The van der Waals surface area contributed by atoms with Crippen molar-refractivity contribution in [3.63, 3.8) is 0 Å². The van der Waals surface area contributed by atoms with Crippen LogP contribution in [0.1, 0.15) is 6.42 Å². The predicted molar refractivity (Wildman–Crippen MR) is 75.0 cm³/mol. The maximum Gasteiger partial charge on any atom is 0.151 e. The zero-order valence-electron chi connectivity index (χ0n) is 10.7. The van der Waals surface area contributed by atoms with Crippen molar-refractivity contribution in [3.8, 4) is 11.3 Å². The molecule has 96 valence electrons. The molecule has 2 aromatic rings. The molecule has 0 spiro atoms. The number of benzene rings is 1. The molecule has 2 bridgehead atoms. The Bertz CT molecular complexity index is 566. The van der Waals surface area contributed by atoms with Crippen LogP contribution in [0.15, 0.2) is 42.5 Å². The normalized spacial score (nSPS) is 24.9. The highest BCUT2D eigenvalue weighted by Crippen LogP contribution is 2.28. The quantitative estimate of drug-likeness (QED) is 0.883. The van der Waals surface area contributed by atoms with Crippen molar-refractivity contribution in [2.24, 2.45) is 0 Å². The minimum Gasteiger partial charge on any atom is -0.349 e. The van der Waals surface area contributed by atoms with Crippen LogP contribution in [-0.2, 0) is 0 Å². The first-order valence-electron chi connectivity index (χ1n) is 6.79. The molecule has 2 saturated heterocycles. The number of hydrogen-bond acceptors (Lipinski definition) is 4. The van der Waals surface area contributed by atoms with Crippen LogP contribution in [0.5, 0.6) is 0 Å². The summed E-state index contributed by atoms with van der Waals surface area (Å²) in [4.78, 5) is 2.38. The first-order chi connectivity index (χ1) is 9.40. The van der Waals surface area contributed by atoms with Crippen LogP contribution in [0.25, 0.3) is 11.3 Å². The number of fused-ring (bicyclic) bond motifs is 2. The van der Waals surface area contributed by atoms with Crippen molar-refractivity contribution in [1.29, 1.82) is 0 Å². The average Bonchev–Trinajstić information content (AvgIpc) is 3.11. The van der Waals surface area contributed by atoms with Crippen LogP contribution in [0.2, 0.25) is 0 Å². The summed E-state index contributed by atoms with van der Waals surface area (Å²) in [5, 5.41) is 12.3. The lowest BCUT2D eigenvalue weighted by Gasteiger charge is -2.27. The monoisotopic (exact) mass is 252 g/mol. The molecule has 1 unspecified atom stereocenters. The van der Waals surface area contributed by atoms with Gasteiger partial charge < -0.3 is 10.2 Å². The molecule has 0 radical (unpaired) electrons. The predicted octanol–water partition coefficient (Wildman–Crippen LogP) is 1.69. The molecule has 4 nitrogen and oxygen atoms in total. The van der Waals surface area contributed by atoms with Gasteiger partial charge in [-0.05, 0) is 18.6 Å². The maximum absolute atomic E-state index is 4.40. The first kappa shape index (κ1) is 10.9. The highest BCUT2D eigenvalue weighted by Gasteiger charge is 2.38. The maximum atomic E-state index is 4.40. The van der Waals surface area contributed by atoms with Crippen molar-refractivity contribution >= 4 is 5.82 Å². The van der Waals surface area contributed by atoms with E-state index in [1.54, 1.807) is 0 Å². The number of piperazine rings is 1. The summed E-state index contributed by atoms with van der Waals surface area (Å²) in [5.41, 5.74) is 2.05. The van der Waals surface area contributed by atoms with E-state index >= 15 is 0 Å². The number of aromatic nitrogens is 2. The van der Waals surface area contributed by atoms with E-state index in [4.69, 9.17) is 0 Å². The van der Waals surface area contributed by atoms with E-state index in [2.05, 4.69) is 44.7 Å². The summed E-state index contributed by atoms with van der Waals surface area (Å²) in [6.07, 6.45) is 1.24. The molecule has 4 heteroatoms. The van der Waals surface area contributed by atoms with E-state index in [1.807, 2.05) is 18.2 Å². The minimum absolute atomic E-state index is 0.599. The Labute approximate surface area is 112 Å². The number of anilines is 1. The molecule has 1 N–H and O–H groups in total. The number of nitrogens with zero attached hydrogens (tertiary/aromatic N) is 3. The van der Waals surface area contributed by atoms with Gasteiger partial charge in [0.1, 0.15) is 0 Å². The van der Waals surface area contributed by atoms with Gasteiger partial charge in [0.2, 0.25) is 0 Å². The second kappa shape index (κ2) is 4.31. The van der Waals surface area contributed by atoms with Gasteiger partial charge >= 0.3 is 0 Å². The number of nitrogens with one attached hydrogen (secondary N) is 1. The summed E-state index contributed by atoms with van der Waals surface area (Å²) >= 11 is 0. The van der Waals surface area contributed by atoms with Crippen LogP contribution in [0, 0.1) is 0 Å². The summed E-state index contributed by atoms with van der Waals surface area (Å²) in [7, 11) is 0. The Morgan fingerprint density at radius 1 is 1.05 bits per heavy atom. The molecular weight excluding hydrogens is 236 g/mol. The van der Waals surface area contributed by atoms with Crippen LogP contribution >= 0.6 is 0 Å². The van der Waals surface area contributed by atoms with E-state index < -0.39 is 0 Å². The van der Waals surface area contributed by atoms with Crippen molar-refractivity contribution < 1.29 is 0 Å². The van der Waals surface area contributed by atoms with E-state index in [1.165, 1.54) is 6.42 Å². The molecule has 4 rings (SSSR count).